The summed E-state index contributed by atoms with van der Waals surface area (Å²) in [5, 5.41) is 14.7. The van der Waals surface area contributed by atoms with Gasteiger partial charge in [-0.1, -0.05) is 24.8 Å². The van der Waals surface area contributed by atoms with Crippen molar-refractivity contribution in [3.63, 3.8) is 0 Å². The van der Waals surface area contributed by atoms with Crippen molar-refractivity contribution in [3.05, 3.63) is 107 Å². The minimum atomic E-state index is -4.43. The summed E-state index contributed by atoms with van der Waals surface area (Å²) in [7, 11) is -2.88. The fourth-order valence-corrected chi connectivity index (χ4v) is 5.68. The quantitative estimate of drug-likeness (QED) is 0.0975. The monoisotopic (exact) mass is 578 g/mol. The second-order valence-corrected chi connectivity index (χ2v) is 11.2. The van der Waals surface area contributed by atoms with Gasteiger partial charge in [-0.05, 0) is 66.2 Å². The summed E-state index contributed by atoms with van der Waals surface area (Å²) in [5.74, 6) is 0.381. The lowest BCUT2D eigenvalue weighted by molar-refractivity contribution is -0.384. The molecule has 0 saturated carbocycles. The summed E-state index contributed by atoms with van der Waals surface area (Å²) >= 11 is 1.58. The summed E-state index contributed by atoms with van der Waals surface area (Å²) < 4.78 is 34.7. The highest BCUT2D eigenvalue weighted by Crippen LogP contribution is 2.29. The van der Waals surface area contributed by atoms with E-state index in [0.29, 0.717) is 23.7 Å². The number of ether oxygens (including phenoxy) is 1. The number of amides is 1. The lowest BCUT2D eigenvalue weighted by Crippen LogP contribution is -2.31. The maximum Gasteiger partial charge on any atom is 0.293 e. The van der Waals surface area contributed by atoms with Crippen molar-refractivity contribution in [2.24, 2.45) is 0 Å². The largest absolute Gasteiger partial charge is 0.497 e. The first kappa shape index (κ1) is 28.5. The Labute approximate surface area is 235 Å². The highest BCUT2D eigenvalue weighted by atomic mass is 32.2. The van der Waals surface area contributed by atoms with Crippen molar-refractivity contribution >= 4 is 45.3 Å². The molecule has 206 valence electrons. The van der Waals surface area contributed by atoms with E-state index in [1.807, 2.05) is 35.1 Å². The fourth-order valence-electron chi connectivity index (χ4n) is 3.91. The molecule has 0 atom stereocenters. The van der Waals surface area contributed by atoms with Crippen LogP contribution in [-0.2, 0) is 10.0 Å². The first-order valence-electron chi connectivity index (χ1n) is 12.0. The fraction of sp³-hybridized carbons (Fsp3) is 0.107. The molecule has 0 spiro atoms. The molecule has 0 radical (unpaired) electrons. The summed E-state index contributed by atoms with van der Waals surface area (Å²) in [6.07, 6.45) is 1.39. The molecule has 1 amide bonds. The third kappa shape index (κ3) is 6.53. The van der Waals surface area contributed by atoms with Crippen molar-refractivity contribution in [1.29, 1.82) is 0 Å². The molecule has 0 bridgehead atoms. The third-order valence-electron chi connectivity index (χ3n) is 5.85. The normalized spacial score (nSPS) is 11.0. The standard InChI is InChI=1S/C28H26N4O6S2/c1-3-31-25(20-9-11-21(38-2)12-10-20)15-16-26(31)28(33)30-40(36,37)23-13-14-24(27(19-23)32(34)35)29-17-18-39-22-7-5-4-6-8-22/h3-16,19,29H,1,17-18H2,2H3,(H,30,33). The van der Waals surface area contributed by atoms with E-state index in [1.54, 1.807) is 49.2 Å². The number of carbonyl (C=O) groups excluding carboxylic acids is 1. The van der Waals surface area contributed by atoms with E-state index in [4.69, 9.17) is 4.74 Å². The highest BCUT2D eigenvalue weighted by molar-refractivity contribution is 7.99. The predicted molar refractivity (Wildman–Crippen MR) is 156 cm³/mol. The molecule has 40 heavy (non-hydrogen) atoms. The number of nitro groups is 1. The lowest BCUT2D eigenvalue weighted by Gasteiger charge is -2.12. The zero-order valence-corrected chi connectivity index (χ0v) is 23.1. The van der Waals surface area contributed by atoms with Gasteiger partial charge in [0.2, 0.25) is 0 Å². The average molecular weight is 579 g/mol. The van der Waals surface area contributed by atoms with E-state index in [9.17, 15) is 23.3 Å². The van der Waals surface area contributed by atoms with Crippen LogP contribution in [0.15, 0.2) is 101 Å². The van der Waals surface area contributed by atoms with Crippen molar-refractivity contribution in [2.45, 2.75) is 9.79 Å². The van der Waals surface area contributed by atoms with Crippen molar-refractivity contribution in [1.82, 2.24) is 9.29 Å². The molecule has 0 unspecified atom stereocenters. The second kappa shape index (κ2) is 12.5. The SMILES string of the molecule is C=Cn1c(C(=O)NS(=O)(=O)c2ccc(NCCSc3ccccc3)c([N+](=O)[O-])c2)ccc1-c1ccc(OC)cc1. The summed E-state index contributed by atoms with van der Waals surface area (Å²) in [5.41, 5.74) is 1.14. The van der Waals surface area contributed by atoms with Crippen molar-refractivity contribution in [2.75, 3.05) is 24.7 Å². The molecule has 0 saturated heterocycles. The summed E-state index contributed by atoms with van der Waals surface area (Å²) in [4.78, 5) is 24.7. The van der Waals surface area contributed by atoms with E-state index in [-0.39, 0.29) is 11.4 Å². The van der Waals surface area contributed by atoms with Gasteiger partial charge in [-0.25, -0.2) is 13.1 Å². The molecule has 0 aliphatic heterocycles. The summed E-state index contributed by atoms with van der Waals surface area (Å²) in [6.45, 7) is 4.15. The molecule has 12 heteroatoms. The number of aromatic nitrogens is 1. The molecular weight excluding hydrogens is 552 g/mol. The molecule has 1 heterocycles. The lowest BCUT2D eigenvalue weighted by atomic mass is 10.1. The Hall–Kier alpha value is -4.55. The van der Waals surface area contributed by atoms with Crippen LogP contribution >= 0.6 is 11.8 Å². The number of sulfonamides is 1. The first-order chi connectivity index (χ1) is 19.2. The second-order valence-electron chi connectivity index (χ2n) is 8.34. The van der Waals surface area contributed by atoms with Crippen LogP contribution in [0.25, 0.3) is 17.5 Å². The van der Waals surface area contributed by atoms with Crippen LogP contribution in [0.3, 0.4) is 0 Å². The molecule has 3 aromatic carbocycles. The van der Waals surface area contributed by atoms with Crippen molar-refractivity contribution in [3.8, 4) is 17.0 Å². The topological polar surface area (TPSA) is 133 Å². The van der Waals surface area contributed by atoms with Gasteiger partial charge in [-0.15, -0.1) is 11.8 Å². The zero-order chi connectivity index (χ0) is 28.7. The number of nitrogens with one attached hydrogen (secondary N) is 2. The van der Waals surface area contributed by atoms with E-state index >= 15 is 0 Å². The van der Waals surface area contributed by atoms with Crippen molar-refractivity contribution < 1.29 is 22.9 Å². The van der Waals surface area contributed by atoms with Crippen LogP contribution in [0, 0.1) is 10.1 Å². The minimum Gasteiger partial charge on any atom is -0.497 e. The number of anilines is 1. The molecule has 2 N–H and O–H groups in total. The van der Waals surface area contributed by atoms with E-state index in [0.717, 1.165) is 16.5 Å². The Balaban J connectivity index is 1.49. The van der Waals surface area contributed by atoms with E-state index in [2.05, 4.69) is 11.9 Å². The van der Waals surface area contributed by atoms with Gasteiger partial charge < -0.3 is 14.6 Å². The Morgan fingerprint density at radius 1 is 1.07 bits per heavy atom. The Bertz CT molecular complexity index is 1640. The van der Waals surface area contributed by atoms with Crippen LogP contribution in [0.2, 0.25) is 0 Å². The number of nitrogens with zero attached hydrogens (tertiary/aromatic N) is 2. The number of thioether (sulfide) groups is 1. The number of nitro benzene ring substituents is 1. The van der Waals surface area contributed by atoms with E-state index in [1.165, 1.54) is 29.0 Å². The third-order valence-corrected chi connectivity index (χ3v) is 8.19. The average Bonchev–Trinajstić information content (AvgIpc) is 3.40. The molecule has 0 aliphatic rings. The van der Waals surface area contributed by atoms with Gasteiger partial charge in [0.15, 0.2) is 0 Å². The Morgan fingerprint density at radius 2 is 1.80 bits per heavy atom. The maximum atomic E-state index is 13.0. The number of carbonyl (C=O) groups is 1. The van der Waals surface area contributed by atoms with Crippen LogP contribution < -0.4 is 14.8 Å². The van der Waals surface area contributed by atoms with Gasteiger partial charge in [-0.3, -0.25) is 14.9 Å². The number of benzene rings is 3. The molecule has 4 rings (SSSR count). The molecule has 1 aromatic heterocycles. The van der Waals surface area contributed by atoms with Crippen LogP contribution in [-0.4, -0.2) is 43.2 Å². The number of rotatable bonds is 12. The van der Waals surface area contributed by atoms with Gasteiger partial charge in [0.05, 0.1) is 22.6 Å². The maximum absolute atomic E-state index is 13.0. The van der Waals surface area contributed by atoms with Gasteiger partial charge in [-0.2, -0.15) is 0 Å². The molecule has 10 nitrogen and oxygen atoms in total. The molecule has 0 fully saturated rings. The summed E-state index contributed by atoms with van der Waals surface area (Å²) in [6, 6.07) is 23.4. The van der Waals surface area contributed by atoms with Gasteiger partial charge in [0.1, 0.15) is 17.1 Å². The van der Waals surface area contributed by atoms with E-state index < -0.39 is 31.4 Å². The highest BCUT2D eigenvalue weighted by Gasteiger charge is 2.25. The van der Waals surface area contributed by atoms with Crippen LogP contribution in [0.5, 0.6) is 5.75 Å². The first-order valence-corrected chi connectivity index (χ1v) is 14.5. The number of hydrogen-bond acceptors (Lipinski definition) is 8. The zero-order valence-electron chi connectivity index (χ0n) is 21.4. The van der Waals surface area contributed by atoms with Gasteiger partial charge in [0, 0.05) is 29.5 Å². The number of methoxy groups -OCH3 is 1. The Morgan fingerprint density at radius 3 is 2.45 bits per heavy atom. The smallest absolute Gasteiger partial charge is 0.293 e. The van der Waals surface area contributed by atoms with Crippen LogP contribution in [0.4, 0.5) is 11.4 Å². The minimum absolute atomic E-state index is 0.0214. The Kier molecular flexibility index (Phi) is 8.92. The predicted octanol–water partition coefficient (Wildman–Crippen LogP) is 5.50. The van der Waals surface area contributed by atoms with Crippen LogP contribution in [0.1, 0.15) is 10.5 Å². The van der Waals surface area contributed by atoms with Gasteiger partial charge >= 0.3 is 0 Å². The molecular formula is C28H26N4O6S2. The molecule has 0 aliphatic carbocycles. The molecule has 4 aromatic rings. The number of hydrogen-bond donors (Lipinski definition) is 2. The van der Waals surface area contributed by atoms with Gasteiger partial charge in [0.25, 0.3) is 21.6 Å².